The van der Waals surface area contributed by atoms with E-state index in [-0.39, 0.29) is 6.04 Å². The second kappa shape index (κ2) is 6.90. The number of rotatable bonds is 3. The molecule has 1 aliphatic rings. The summed E-state index contributed by atoms with van der Waals surface area (Å²) >= 11 is 0. The first kappa shape index (κ1) is 16.6. The van der Waals surface area contributed by atoms with Crippen LogP contribution in [0.3, 0.4) is 0 Å². The zero-order valence-electron chi connectivity index (χ0n) is 15.8. The zero-order chi connectivity index (χ0) is 18.9. The molecule has 2 nitrogen and oxygen atoms in total. The average Bonchev–Trinajstić information content (AvgIpc) is 3.20. The summed E-state index contributed by atoms with van der Waals surface area (Å²) in [5.41, 5.74) is 9.69. The minimum Gasteiger partial charge on any atom is -0.297 e. The molecule has 0 aromatic heterocycles. The van der Waals surface area contributed by atoms with Crippen molar-refractivity contribution >= 4 is 22.2 Å². The van der Waals surface area contributed by atoms with Gasteiger partial charge in [0.15, 0.2) is 0 Å². The van der Waals surface area contributed by atoms with Crippen molar-refractivity contribution < 1.29 is 0 Å². The minimum absolute atomic E-state index is 0.143. The van der Waals surface area contributed by atoms with Crippen molar-refractivity contribution in [3.05, 3.63) is 120 Å². The predicted molar refractivity (Wildman–Crippen MR) is 118 cm³/mol. The van der Waals surface area contributed by atoms with Crippen LogP contribution in [0.4, 0.5) is 5.69 Å². The molecule has 1 unspecified atom stereocenters. The Labute approximate surface area is 165 Å². The molecule has 28 heavy (non-hydrogen) atoms. The summed E-state index contributed by atoms with van der Waals surface area (Å²) in [4.78, 5) is 0. The lowest BCUT2D eigenvalue weighted by molar-refractivity contribution is 0.724. The molecular weight excluding hydrogens is 340 g/mol. The quantitative estimate of drug-likeness (QED) is 0.463. The maximum absolute atomic E-state index is 3.65. The highest BCUT2D eigenvalue weighted by Crippen LogP contribution is 2.35. The first-order valence-corrected chi connectivity index (χ1v) is 9.66. The summed E-state index contributed by atoms with van der Waals surface area (Å²) in [7, 11) is 0. The van der Waals surface area contributed by atoms with Crippen LogP contribution in [-0.2, 0) is 0 Å². The van der Waals surface area contributed by atoms with E-state index in [4.69, 9.17) is 0 Å². The van der Waals surface area contributed by atoms with E-state index in [2.05, 4.69) is 120 Å². The Morgan fingerprint density at radius 3 is 2.21 bits per heavy atom. The van der Waals surface area contributed by atoms with Gasteiger partial charge < -0.3 is 0 Å². The number of hydrogen-bond acceptors (Lipinski definition) is 2. The maximum atomic E-state index is 3.65. The van der Waals surface area contributed by atoms with Crippen LogP contribution in [0.2, 0.25) is 0 Å². The third kappa shape index (κ3) is 3.03. The highest BCUT2D eigenvalue weighted by atomic mass is 15.5. The molecule has 136 valence electrons. The number of para-hydroxylation sites is 1. The number of benzene rings is 4. The molecular formula is C26H22N2. The number of nitrogens with zero attached hydrogens (tertiary/aromatic N) is 1. The first-order valence-electron chi connectivity index (χ1n) is 9.66. The lowest BCUT2D eigenvalue weighted by Crippen LogP contribution is -2.33. The average molecular weight is 362 g/mol. The Morgan fingerprint density at radius 1 is 0.714 bits per heavy atom. The largest absolute Gasteiger partial charge is 0.297 e. The SMILES string of the molecule is Cc1ccc(C2C=C(c3ccc4ccccc4c3)NN2c2ccccc2)cc1. The summed E-state index contributed by atoms with van der Waals surface area (Å²) in [5, 5.41) is 4.77. The number of fused-ring (bicyclic) bond motifs is 1. The highest BCUT2D eigenvalue weighted by molar-refractivity contribution is 5.87. The van der Waals surface area contributed by atoms with E-state index in [1.165, 1.54) is 27.5 Å². The van der Waals surface area contributed by atoms with Crippen molar-refractivity contribution in [2.24, 2.45) is 0 Å². The van der Waals surface area contributed by atoms with Crippen molar-refractivity contribution in [3.8, 4) is 0 Å². The second-order valence-electron chi connectivity index (χ2n) is 7.32. The van der Waals surface area contributed by atoms with Crippen LogP contribution in [-0.4, -0.2) is 0 Å². The summed E-state index contributed by atoms with van der Waals surface area (Å²) in [5.74, 6) is 0. The number of nitrogens with one attached hydrogen (secondary N) is 1. The molecule has 0 saturated heterocycles. The number of aryl methyl sites for hydroxylation is 1. The number of hydrogen-bond donors (Lipinski definition) is 1. The normalized spacial score (nSPS) is 16.1. The Kier molecular flexibility index (Phi) is 4.10. The molecule has 4 aromatic carbocycles. The van der Waals surface area contributed by atoms with Gasteiger partial charge in [0.1, 0.15) is 0 Å². The van der Waals surface area contributed by atoms with E-state index in [1.807, 2.05) is 0 Å². The van der Waals surface area contributed by atoms with Gasteiger partial charge in [-0.3, -0.25) is 10.4 Å². The molecule has 0 amide bonds. The second-order valence-corrected chi connectivity index (χ2v) is 7.32. The van der Waals surface area contributed by atoms with Crippen molar-refractivity contribution in [2.75, 3.05) is 5.01 Å². The van der Waals surface area contributed by atoms with Crippen LogP contribution in [0, 0.1) is 6.92 Å². The molecule has 0 spiro atoms. The van der Waals surface area contributed by atoms with Crippen molar-refractivity contribution in [3.63, 3.8) is 0 Å². The molecule has 1 aliphatic heterocycles. The van der Waals surface area contributed by atoms with E-state index in [9.17, 15) is 0 Å². The fourth-order valence-corrected chi connectivity index (χ4v) is 3.81. The molecule has 1 atom stereocenters. The molecule has 5 rings (SSSR count). The Bertz CT molecular complexity index is 1140. The summed E-state index contributed by atoms with van der Waals surface area (Å²) in [6.45, 7) is 2.13. The van der Waals surface area contributed by atoms with Gasteiger partial charge in [-0.1, -0.05) is 84.4 Å². The number of anilines is 1. The van der Waals surface area contributed by atoms with Gasteiger partial charge in [0, 0.05) is 0 Å². The van der Waals surface area contributed by atoms with E-state index in [0.29, 0.717) is 0 Å². The van der Waals surface area contributed by atoms with Crippen LogP contribution >= 0.6 is 0 Å². The first-order chi connectivity index (χ1) is 13.8. The van der Waals surface area contributed by atoms with Gasteiger partial charge in [0.05, 0.1) is 17.4 Å². The minimum atomic E-state index is 0.143. The summed E-state index contributed by atoms with van der Waals surface area (Å²) in [6, 6.07) is 34.6. The molecule has 1 heterocycles. The van der Waals surface area contributed by atoms with Crippen LogP contribution in [0.5, 0.6) is 0 Å². The molecule has 0 saturated carbocycles. The van der Waals surface area contributed by atoms with Crippen molar-refractivity contribution in [1.29, 1.82) is 0 Å². The van der Waals surface area contributed by atoms with Crippen LogP contribution in [0.1, 0.15) is 22.7 Å². The van der Waals surface area contributed by atoms with Crippen molar-refractivity contribution in [1.82, 2.24) is 5.43 Å². The molecule has 0 fully saturated rings. The Hall–Kier alpha value is -3.52. The topological polar surface area (TPSA) is 15.3 Å². The monoisotopic (exact) mass is 362 g/mol. The van der Waals surface area contributed by atoms with Gasteiger partial charge >= 0.3 is 0 Å². The van der Waals surface area contributed by atoms with Gasteiger partial charge in [-0.25, -0.2) is 0 Å². The van der Waals surface area contributed by atoms with E-state index in [1.54, 1.807) is 0 Å². The van der Waals surface area contributed by atoms with Gasteiger partial charge in [-0.05, 0) is 53.1 Å². The summed E-state index contributed by atoms with van der Waals surface area (Å²) < 4.78 is 0. The van der Waals surface area contributed by atoms with E-state index in [0.717, 1.165) is 11.4 Å². The number of hydrazine groups is 1. The van der Waals surface area contributed by atoms with Gasteiger partial charge in [-0.2, -0.15) is 0 Å². The molecule has 1 N–H and O–H groups in total. The fourth-order valence-electron chi connectivity index (χ4n) is 3.81. The molecule has 0 radical (unpaired) electrons. The lowest BCUT2D eigenvalue weighted by Gasteiger charge is -2.27. The summed E-state index contributed by atoms with van der Waals surface area (Å²) in [6.07, 6.45) is 2.32. The fraction of sp³-hybridized carbons (Fsp3) is 0.0769. The molecule has 2 heteroatoms. The third-order valence-electron chi connectivity index (χ3n) is 5.36. The van der Waals surface area contributed by atoms with Crippen LogP contribution in [0.25, 0.3) is 16.5 Å². The van der Waals surface area contributed by atoms with E-state index < -0.39 is 0 Å². The van der Waals surface area contributed by atoms with Crippen LogP contribution < -0.4 is 10.4 Å². The highest BCUT2D eigenvalue weighted by Gasteiger charge is 2.27. The lowest BCUT2D eigenvalue weighted by atomic mass is 10.0. The maximum Gasteiger partial charge on any atom is 0.0958 e. The molecule has 0 aliphatic carbocycles. The van der Waals surface area contributed by atoms with Gasteiger partial charge in [-0.15, -0.1) is 0 Å². The zero-order valence-corrected chi connectivity index (χ0v) is 15.8. The third-order valence-corrected chi connectivity index (χ3v) is 5.36. The smallest absolute Gasteiger partial charge is 0.0958 e. The Balaban J connectivity index is 1.58. The Morgan fingerprint density at radius 2 is 1.43 bits per heavy atom. The van der Waals surface area contributed by atoms with Crippen LogP contribution in [0.15, 0.2) is 103 Å². The van der Waals surface area contributed by atoms with Gasteiger partial charge in [0.2, 0.25) is 0 Å². The molecule has 4 aromatic rings. The standard InChI is InChI=1S/C26H22N2/c1-19-11-13-21(14-12-19)26-18-25(27-28(26)24-9-3-2-4-10-24)23-16-15-20-7-5-6-8-22(20)17-23/h2-18,26-27H,1H3. The molecule has 0 bridgehead atoms. The predicted octanol–water partition coefficient (Wildman–Crippen LogP) is 6.26. The van der Waals surface area contributed by atoms with Crippen molar-refractivity contribution in [2.45, 2.75) is 13.0 Å². The van der Waals surface area contributed by atoms with E-state index >= 15 is 0 Å². The van der Waals surface area contributed by atoms with Gasteiger partial charge in [0.25, 0.3) is 0 Å².